The molecule has 1 aromatic carbocycles. The van der Waals surface area contributed by atoms with Gasteiger partial charge in [-0.05, 0) is 31.5 Å². The molecule has 2 aromatic rings. The summed E-state index contributed by atoms with van der Waals surface area (Å²) in [5, 5.41) is 11.1. The molecule has 3 heteroatoms. The Balaban J connectivity index is 2.62. The normalized spacial score (nSPS) is 12.3. The van der Waals surface area contributed by atoms with Gasteiger partial charge in [0.15, 0.2) is 0 Å². The number of aliphatic hydroxyl groups is 1. The van der Waals surface area contributed by atoms with Gasteiger partial charge in [-0.25, -0.2) is 0 Å². The molecule has 0 aliphatic heterocycles. The Bertz CT molecular complexity index is 522. The first-order chi connectivity index (χ1) is 7.38. The van der Waals surface area contributed by atoms with E-state index in [1.54, 1.807) is 0 Å². The van der Waals surface area contributed by atoms with Gasteiger partial charge in [0.1, 0.15) is 0 Å². The zero-order valence-corrected chi connectivity index (χ0v) is 11.4. The van der Waals surface area contributed by atoms with E-state index in [1.165, 1.54) is 16.5 Å². The molecule has 0 unspecified atom stereocenters. The molecule has 0 aliphatic rings. The molecule has 0 saturated carbocycles. The van der Waals surface area contributed by atoms with Crippen molar-refractivity contribution in [2.45, 2.75) is 25.9 Å². The fraction of sp³-hybridized carbons (Fsp3) is 0.385. The minimum atomic E-state index is -0.677. The van der Waals surface area contributed by atoms with Crippen molar-refractivity contribution in [1.29, 1.82) is 0 Å². The molecule has 0 bridgehead atoms. The van der Waals surface area contributed by atoms with Gasteiger partial charge in [-0.15, -0.1) is 0 Å². The molecule has 16 heavy (non-hydrogen) atoms. The molecule has 2 rings (SSSR count). The molecular formula is C13H16BrNO. The second kappa shape index (κ2) is 3.90. The Labute approximate surface area is 104 Å². The molecule has 1 aromatic heterocycles. The SMILES string of the molecule is Cn1cc(CC(C)(C)O)c2c(Br)cccc21. The Morgan fingerprint density at radius 1 is 1.38 bits per heavy atom. The van der Waals surface area contributed by atoms with E-state index >= 15 is 0 Å². The lowest BCUT2D eigenvalue weighted by Crippen LogP contribution is -2.21. The molecule has 86 valence electrons. The molecule has 0 radical (unpaired) electrons. The molecule has 1 N–H and O–H groups in total. The smallest absolute Gasteiger partial charge is 0.0632 e. The largest absolute Gasteiger partial charge is 0.390 e. The Kier molecular flexibility index (Phi) is 2.84. The number of aromatic nitrogens is 1. The first-order valence-corrected chi connectivity index (χ1v) is 6.12. The van der Waals surface area contributed by atoms with Crippen molar-refractivity contribution in [3.8, 4) is 0 Å². The summed E-state index contributed by atoms with van der Waals surface area (Å²) in [6.45, 7) is 3.67. The van der Waals surface area contributed by atoms with Gasteiger partial charge >= 0.3 is 0 Å². The van der Waals surface area contributed by atoms with Crippen LogP contribution in [0.2, 0.25) is 0 Å². The highest BCUT2D eigenvalue weighted by Crippen LogP contribution is 2.30. The number of aryl methyl sites for hydroxylation is 1. The van der Waals surface area contributed by atoms with E-state index in [2.05, 4.69) is 32.8 Å². The van der Waals surface area contributed by atoms with Crippen LogP contribution >= 0.6 is 15.9 Å². The van der Waals surface area contributed by atoms with Crippen molar-refractivity contribution in [2.24, 2.45) is 7.05 Å². The van der Waals surface area contributed by atoms with Gasteiger partial charge in [-0.3, -0.25) is 0 Å². The summed E-state index contributed by atoms with van der Waals surface area (Å²) < 4.78 is 3.19. The van der Waals surface area contributed by atoms with Gasteiger partial charge in [0.05, 0.1) is 5.60 Å². The molecule has 0 atom stereocenters. The van der Waals surface area contributed by atoms with Crippen LogP contribution in [0, 0.1) is 0 Å². The summed E-state index contributed by atoms with van der Waals surface area (Å²) in [6, 6.07) is 6.16. The van der Waals surface area contributed by atoms with E-state index in [-0.39, 0.29) is 0 Å². The zero-order chi connectivity index (χ0) is 11.9. The lowest BCUT2D eigenvalue weighted by molar-refractivity contribution is 0.0813. The maximum atomic E-state index is 9.91. The van der Waals surface area contributed by atoms with E-state index in [9.17, 15) is 5.11 Å². The third-order valence-corrected chi connectivity index (χ3v) is 3.33. The highest BCUT2D eigenvalue weighted by atomic mass is 79.9. The highest BCUT2D eigenvalue weighted by molar-refractivity contribution is 9.10. The van der Waals surface area contributed by atoms with Gasteiger partial charge in [-0.1, -0.05) is 22.0 Å². The average Bonchev–Trinajstić information content (AvgIpc) is 2.42. The number of rotatable bonds is 2. The second-order valence-corrected chi connectivity index (χ2v) is 5.74. The van der Waals surface area contributed by atoms with Gasteiger partial charge < -0.3 is 9.67 Å². The van der Waals surface area contributed by atoms with E-state index in [1.807, 2.05) is 33.0 Å². The maximum Gasteiger partial charge on any atom is 0.0632 e. The number of hydrogen-bond donors (Lipinski definition) is 1. The summed E-state index contributed by atoms with van der Waals surface area (Å²) >= 11 is 3.57. The van der Waals surface area contributed by atoms with Crippen LogP contribution in [-0.2, 0) is 13.5 Å². The number of halogens is 1. The number of hydrogen-bond acceptors (Lipinski definition) is 1. The van der Waals surface area contributed by atoms with Crippen molar-refractivity contribution in [2.75, 3.05) is 0 Å². The summed E-state index contributed by atoms with van der Waals surface area (Å²) in [7, 11) is 2.03. The van der Waals surface area contributed by atoms with Crippen molar-refractivity contribution < 1.29 is 5.11 Å². The summed E-state index contributed by atoms with van der Waals surface area (Å²) in [5.74, 6) is 0. The molecule has 2 nitrogen and oxygen atoms in total. The lowest BCUT2D eigenvalue weighted by Gasteiger charge is -2.16. The number of benzene rings is 1. The fourth-order valence-electron chi connectivity index (χ4n) is 2.09. The Morgan fingerprint density at radius 2 is 2.06 bits per heavy atom. The molecule has 0 fully saturated rings. The standard InChI is InChI=1S/C13H16BrNO/c1-13(2,16)7-9-8-15(3)11-6-4-5-10(14)12(9)11/h4-6,8,16H,7H2,1-3H3. The Hall–Kier alpha value is -0.800. The molecule has 0 spiro atoms. The van der Waals surface area contributed by atoms with Gasteiger partial charge in [0, 0.05) is 35.0 Å². The molecule has 1 heterocycles. The maximum absolute atomic E-state index is 9.91. The second-order valence-electron chi connectivity index (χ2n) is 4.89. The van der Waals surface area contributed by atoms with E-state index in [0.29, 0.717) is 6.42 Å². The monoisotopic (exact) mass is 281 g/mol. The van der Waals surface area contributed by atoms with Crippen LogP contribution in [0.25, 0.3) is 10.9 Å². The van der Waals surface area contributed by atoms with Crippen LogP contribution < -0.4 is 0 Å². The van der Waals surface area contributed by atoms with E-state index in [0.717, 1.165) is 4.47 Å². The van der Waals surface area contributed by atoms with Gasteiger partial charge in [0.2, 0.25) is 0 Å². The van der Waals surface area contributed by atoms with Crippen LogP contribution in [0.5, 0.6) is 0 Å². The summed E-state index contributed by atoms with van der Waals surface area (Å²) in [6.07, 6.45) is 2.75. The first-order valence-electron chi connectivity index (χ1n) is 5.33. The van der Waals surface area contributed by atoms with Crippen LogP contribution in [0.3, 0.4) is 0 Å². The fourth-order valence-corrected chi connectivity index (χ4v) is 2.70. The quantitative estimate of drug-likeness (QED) is 0.898. The number of nitrogens with zero attached hydrogens (tertiary/aromatic N) is 1. The Morgan fingerprint density at radius 3 is 2.69 bits per heavy atom. The van der Waals surface area contributed by atoms with Gasteiger partial charge in [-0.2, -0.15) is 0 Å². The summed E-state index contributed by atoms with van der Waals surface area (Å²) in [4.78, 5) is 0. The van der Waals surface area contributed by atoms with Crippen LogP contribution in [0.1, 0.15) is 19.4 Å². The third kappa shape index (κ3) is 2.15. The van der Waals surface area contributed by atoms with E-state index in [4.69, 9.17) is 0 Å². The van der Waals surface area contributed by atoms with Crippen LogP contribution in [0.4, 0.5) is 0 Å². The summed E-state index contributed by atoms with van der Waals surface area (Å²) in [5.41, 5.74) is 1.69. The van der Waals surface area contributed by atoms with E-state index < -0.39 is 5.60 Å². The predicted molar refractivity (Wildman–Crippen MR) is 70.6 cm³/mol. The topological polar surface area (TPSA) is 25.2 Å². The average molecular weight is 282 g/mol. The number of fused-ring (bicyclic) bond motifs is 1. The molecule has 0 saturated heterocycles. The zero-order valence-electron chi connectivity index (χ0n) is 9.79. The van der Waals surface area contributed by atoms with Crippen LogP contribution in [-0.4, -0.2) is 15.3 Å². The van der Waals surface area contributed by atoms with Crippen molar-refractivity contribution in [1.82, 2.24) is 4.57 Å². The minimum Gasteiger partial charge on any atom is -0.390 e. The molecule has 0 aliphatic carbocycles. The molecule has 0 amide bonds. The van der Waals surface area contributed by atoms with Crippen molar-refractivity contribution in [3.63, 3.8) is 0 Å². The lowest BCUT2D eigenvalue weighted by atomic mass is 9.98. The first kappa shape index (κ1) is 11.7. The third-order valence-electron chi connectivity index (χ3n) is 2.67. The van der Waals surface area contributed by atoms with Gasteiger partial charge in [0.25, 0.3) is 0 Å². The van der Waals surface area contributed by atoms with Crippen molar-refractivity contribution >= 4 is 26.8 Å². The molecular weight excluding hydrogens is 266 g/mol. The highest BCUT2D eigenvalue weighted by Gasteiger charge is 2.18. The minimum absolute atomic E-state index is 0.660. The van der Waals surface area contributed by atoms with Crippen molar-refractivity contribution in [3.05, 3.63) is 34.4 Å². The van der Waals surface area contributed by atoms with Crippen LogP contribution in [0.15, 0.2) is 28.9 Å². The predicted octanol–water partition coefficient (Wildman–Crippen LogP) is 3.25.